The predicted octanol–water partition coefficient (Wildman–Crippen LogP) is 15.7. The van der Waals surface area contributed by atoms with Crippen LogP contribution in [0.4, 0.5) is 0 Å². The van der Waals surface area contributed by atoms with Crippen molar-refractivity contribution in [3.8, 4) is 0 Å². The van der Waals surface area contributed by atoms with Crippen molar-refractivity contribution in [2.75, 3.05) is 0 Å². The van der Waals surface area contributed by atoms with Gasteiger partial charge in [0.25, 0.3) is 0 Å². The quantitative estimate of drug-likeness (QED) is 0.157. The Hall–Kier alpha value is -4.72. The fourth-order valence-corrected chi connectivity index (χ4v) is 13.5. The lowest BCUT2D eigenvalue weighted by molar-refractivity contribution is 0.258. The Morgan fingerprint density at radius 2 is 1.53 bits per heavy atom. The standard InChI is InChI=1S/C56H54S/c1-35-42-29-27-39(33-52(42)44-20-7-6-17-38(44)32-50(35)40-28-30-55-53(34-40)46-22-12-13-26-54(46)57-55)43-19-9-10-21-45(43)48-24-14-25-49-51(31-37-15-4-3-5-16-37)36(2)41-18-8-11-23-47(41)56(48)49/h3-4,7-13,15,18-24,26-30,33-36,38,42,44,50-52H,5-6,14,16-17,25,31-32H2,1-2H3. The highest BCUT2D eigenvalue weighted by Gasteiger charge is 2.44. The molecule has 0 N–H and O–H groups in total. The monoisotopic (exact) mass is 758 g/mol. The van der Waals surface area contributed by atoms with Gasteiger partial charge in [0.2, 0.25) is 0 Å². The molecular formula is C56H54S. The zero-order valence-electron chi connectivity index (χ0n) is 33.5. The highest BCUT2D eigenvalue weighted by atomic mass is 32.1. The van der Waals surface area contributed by atoms with Crippen LogP contribution in [0.3, 0.4) is 0 Å². The number of thiophene rings is 1. The van der Waals surface area contributed by atoms with Gasteiger partial charge in [-0.25, -0.2) is 0 Å². The van der Waals surface area contributed by atoms with E-state index in [1.807, 2.05) is 11.3 Å². The fraction of sp³-hybridized carbons (Fsp3) is 0.321. The maximum Gasteiger partial charge on any atom is 0.0355 e. The number of allylic oxidation sites excluding steroid dienone is 14. The summed E-state index contributed by atoms with van der Waals surface area (Å²) < 4.78 is 2.82. The molecule has 11 rings (SSSR count). The molecule has 0 nitrogen and oxygen atoms in total. The summed E-state index contributed by atoms with van der Waals surface area (Å²) >= 11 is 1.94. The molecule has 284 valence electrons. The second kappa shape index (κ2) is 14.6. The Labute approximate surface area is 343 Å². The van der Waals surface area contributed by atoms with Crippen LogP contribution in [-0.2, 0) is 0 Å². The minimum absolute atomic E-state index is 0.499. The topological polar surface area (TPSA) is 0 Å². The first kappa shape index (κ1) is 35.4. The van der Waals surface area contributed by atoms with E-state index in [-0.39, 0.29) is 0 Å². The molecule has 6 aliphatic rings. The second-order valence-corrected chi connectivity index (χ2v) is 19.2. The third-order valence-electron chi connectivity index (χ3n) is 15.2. The van der Waals surface area contributed by atoms with E-state index in [0.29, 0.717) is 47.3 Å². The van der Waals surface area contributed by atoms with Crippen molar-refractivity contribution >= 4 is 48.2 Å². The number of fused-ring (bicyclic) bond motifs is 8. The summed E-state index contributed by atoms with van der Waals surface area (Å²) in [4.78, 5) is 0. The van der Waals surface area contributed by atoms with Gasteiger partial charge in [0.15, 0.2) is 0 Å². The van der Waals surface area contributed by atoms with Crippen molar-refractivity contribution in [2.24, 2.45) is 35.5 Å². The van der Waals surface area contributed by atoms with Gasteiger partial charge in [-0.05, 0) is 161 Å². The van der Waals surface area contributed by atoms with Crippen molar-refractivity contribution in [1.29, 1.82) is 0 Å². The molecule has 6 aliphatic carbocycles. The van der Waals surface area contributed by atoms with Gasteiger partial charge in [-0.2, -0.15) is 0 Å². The average molecular weight is 759 g/mol. The highest BCUT2D eigenvalue weighted by molar-refractivity contribution is 7.25. The summed E-state index contributed by atoms with van der Waals surface area (Å²) in [5.74, 6) is 4.47. The van der Waals surface area contributed by atoms with Crippen LogP contribution in [-0.4, -0.2) is 0 Å². The summed E-state index contributed by atoms with van der Waals surface area (Å²) in [6.07, 6.45) is 32.3. The van der Waals surface area contributed by atoms with Crippen LogP contribution < -0.4 is 0 Å². The van der Waals surface area contributed by atoms with Crippen molar-refractivity contribution in [2.45, 2.75) is 77.0 Å². The maximum atomic E-state index is 2.74. The minimum atomic E-state index is 0.499. The van der Waals surface area contributed by atoms with Gasteiger partial charge in [-0.3, -0.25) is 0 Å². The summed E-state index contributed by atoms with van der Waals surface area (Å²) in [6, 6.07) is 35.3. The Morgan fingerprint density at radius 1 is 0.702 bits per heavy atom. The number of rotatable bonds is 5. The molecule has 5 aromatic rings. The smallest absolute Gasteiger partial charge is 0.0355 e. The number of hydrogen-bond donors (Lipinski definition) is 0. The summed E-state index contributed by atoms with van der Waals surface area (Å²) in [5, 5.41) is 2.86. The van der Waals surface area contributed by atoms with Crippen molar-refractivity contribution in [3.63, 3.8) is 0 Å². The summed E-state index contributed by atoms with van der Waals surface area (Å²) in [6.45, 7) is 5.08. The molecule has 0 aliphatic heterocycles. The molecule has 4 aromatic carbocycles. The van der Waals surface area contributed by atoms with Gasteiger partial charge in [0.05, 0.1) is 0 Å². The van der Waals surface area contributed by atoms with E-state index in [4.69, 9.17) is 0 Å². The average Bonchev–Trinajstić information content (AvgIpc) is 3.59. The van der Waals surface area contributed by atoms with Gasteiger partial charge in [-0.15, -0.1) is 11.3 Å². The Kier molecular flexibility index (Phi) is 9.07. The molecule has 1 aromatic heterocycles. The summed E-state index contributed by atoms with van der Waals surface area (Å²) in [5.41, 5.74) is 15.1. The third-order valence-corrected chi connectivity index (χ3v) is 16.4. The highest BCUT2D eigenvalue weighted by Crippen LogP contribution is 2.56. The molecule has 0 spiro atoms. The summed E-state index contributed by atoms with van der Waals surface area (Å²) in [7, 11) is 0. The molecule has 8 unspecified atom stereocenters. The van der Waals surface area contributed by atoms with E-state index in [0.717, 1.165) is 6.42 Å². The van der Waals surface area contributed by atoms with Gasteiger partial charge >= 0.3 is 0 Å². The molecule has 1 fully saturated rings. The maximum absolute atomic E-state index is 2.74. The molecule has 0 bridgehead atoms. The van der Waals surface area contributed by atoms with Crippen LogP contribution in [0.25, 0.3) is 36.9 Å². The van der Waals surface area contributed by atoms with Crippen LogP contribution in [0, 0.1) is 35.5 Å². The lowest BCUT2D eigenvalue weighted by Gasteiger charge is -2.39. The Bertz CT molecular complexity index is 2610. The van der Waals surface area contributed by atoms with Crippen LogP contribution in [0.1, 0.15) is 105 Å². The van der Waals surface area contributed by atoms with Crippen LogP contribution >= 0.6 is 11.3 Å². The van der Waals surface area contributed by atoms with E-state index in [1.54, 1.807) is 16.7 Å². The lowest BCUT2D eigenvalue weighted by Crippen LogP contribution is -2.29. The van der Waals surface area contributed by atoms with Crippen LogP contribution in [0.2, 0.25) is 0 Å². The normalized spacial score (nSPS) is 29.2. The first-order chi connectivity index (χ1) is 28.1. The largest absolute Gasteiger partial charge is 0.135 e. The van der Waals surface area contributed by atoms with Gasteiger partial charge in [-0.1, -0.05) is 152 Å². The van der Waals surface area contributed by atoms with Gasteiger partial charge in [0, 0.05) is 20.2 Å². The van der Waals surface area contributed by atoms with Crippen LogP contribution in [0.15, 0.2) is 157 Å². The molecule has 8 atom stereocenters. The zero-order chi connectivity index (χ0) is 38.0. The first-order valence-corrected chi connectivity index (χ1v) is 22.9. The Balaban J connectivity index is 0.976. The number of benzene rings is 4. The zero-order valence-corrected chi connectivity index (χ0v) is 34.4. The van der Waals surface area contributed by atoms with E-state index in [9.17, 15) is 0 Å². The van der Waals surface area contributed by atoms with Crippen LogP contribution in [0.5, 0.6) is 0 Å². The van der Waals surface area contributed by atoms with E-state index >= 15 is 0 Å². The molecule has 1 heterocycles. The van der Waals surface area contributed by atoms with Crippen molar-refractivity contribution < 1.29 is 0 Å². The predicted molar refractivity (Wildman–Crippen MR) is 245 cm³/mol. The molecular weight excluding hydrogens is 705 g/mol. The first-order valence-electron chi connectivity index (χ1n) is 22.1. The third kappa shape index (κ3) is 6.07. The number of hydrogen-bond acceptors (Lipinski definition) is 1. The van der Waals surface area contributed by atoms with E-state index in [2.05, 4.69) is 160 Å². The van der Waals surface area contributed by atoms with Crippen molar-refractivity contribution in [3.05, 3.63) is 185 Å². The molecule has 1 saturated carbocycles. The second-order valence-electron chi connectivity index (χ2n) is 18.1. The molecule has 0 amide bonds. The van der Waals surface area contributed by atoms with Gasteiger partial charge in [0.1, 0.15) is 0 Å². The van der Waals surface area contributed by atoms with Gasteiger partial charge < -0.3 is 0 Å². The van der Waals surface area contributed by atoms with E-state index in [1.165, 1.54) is 104 Å². The lowest BCUT2D eigenvalue weighted by atomic mass is 9.64. The van der Waals surface area contributed by atoms with E-state index < -0.39 is 0 Å². The molecule has 57 heavy (non-hydrogen) atoms. The molecule has 0 saturated heterocycles. The SMILES string of the molecule is CC1c2ccccc2C2=C(CCC=C2c2ccccc2C2=CC3C4C=CCCC4CC(c4ccc5sc6ccccc6c5c4)C(C)C3C=C2)C1CC1=CC=CCC1. The molecule has 0 radical (unpaired) electrons. The van der Waals surface area contributed by atoms with Crippen molar-refractivity contribution in [1.82, 2.24) is 0 Å². The Morgan fingerprint density at radius 3 is 2.42 bits per heavy atom. The molecule has 1 heteroatoms. The fourth-order valence-electron chi connectivity index (χ4n) is 12.4. The minimum Gasteiger partial charge on any atom is -0.135 e.